The van der Waals surface area contributed by atoms with Crippen LogP contribution in [-0.4, -0.2) is 50.6 Å². The smallest absolute Gasteiger partial charge is 0.220 e. The summed E-state index contributed by atoms with van der Waals surface area (Å²) in [6, 6.07) is 8.38. The molecule has 0 unspecified atom stereocenters. The summed E-state index contributed by atoms with van der Waals surface area (Å²) in [4.78, 5) is 18.3. The third-order valence-corrected chi connectivity index (χ3v) is 5.04. The van der Waals surface area contributed by atoms with Gasteiger partial charge in [0.1, 0.15) is 0 Å². The quantitative estimate of drug-likeness (QED) is 0.248. The molecule has 1 aromatic rings. The summed E-state index contributed by atoms with van der Waals surface area (Å²) in [6.45, 7) is 6.15. The van der Waals surface area contributed by atoms with Crippen LogP contribution in [0, 0.1) is 5.92 Å². The first-order chi connectivity index (χ1) is 13.2. The summed E-state index contributed by atoms with van der Waals surface area (Å²) in [7, 11) is 3.53. The fourth-order valence-corrected chi connectivity index (χ4v) is 3.42. The number of carbonyl (C=O) groups excluding carboxylic acids is 1. The summed E-state index contributed by atoms with van der Waals surface area (Å²) >= 11 is 0. The van der Waals surface area contributed by atoms with Gasteiger partial charge >= 0.3 is 0 Å². The Kier molecular flexibility index (Phi) is 12.1. The van der Waals surface area contributed by atoms with E-state index < -0.39 is 0 Å². The SMILES string of the molecule is CCCOCc1ccccc1CNC(=NC)N1CCC(CC(=O)NC)CC1.I. The molecule has 0 bridgehead atoms. The Bertz CT molecular complexity index is 616. The van der Waals surface area contributed by atoms with Gasteiger partial charge in [-0.05, 0) is 36.3 Å². The van der Waals surface area contributed by atoms with E-state index >= 15 is 0 Å². The van der Waals surface area contributed by atoms with E-state index in [-0.39, 0.29) is 29.9 Å². The Morgan fingerprint density at radius 1 is 1.25 bits per heavy atom. The van der Waals surface area contributed by atoms with E-state index in [2.05, 4.69) is 51.7 Å². The van der Waals surface area contributed by atoms with Crippen molar-refractivity contribution in [2.45, 2.75) is 45.8 Å². The summed E-state index contributed by atoms with van der Waals surface area (Å²) in [5.74, 6) is 1.53. The van der Waals surface area contributed by atoms with Gasteiger partial charge in [0.25, 0.3) is 0 Å². The van der Waals surface area contributed by atoms with Crippen molar-refractivity contribution in [1.82, 2.24) is 15.5 Å². The minimum absolute atomic E-state index is 0. The maximum absolute atomic E-state index is 11.6. The summed E-state index contributed by atoms with van der Waals surface area (Å²) in [5.41, 5.74) is 2.46. The van der Waals surface area contributed by atoms with Gasteiger partial charge in [-0.15, -0.1) is 24.0 Å². The Balaban J connectivity index is 0.00000392. The van der Waals surface area contributed by atoms with Gasteiger partial charge < -0.3 is 20.3 Å². The summed E-state index contributed by atoms with van der Waals surface area (Å²) in [6.07, 6.45) is 3.70. The standard InChI is InChI=1S/C21H34N4O2.HI/c1-4-13-27-16-19-8-6-5-7-18(19)15-24-21(23-3)25-11-9-17(10-12-25)14-20(26)22-2;/h5-8,17H,4,9-16H2,1-3H3,(H,22,26)(H,23,24);1H. The highest BCUT2D eigenvalue weighted by Crippen LogP contribution is 2.20. The lowest BCUT2D eigenvalue weighted by Gasteiger charge is -2.34. The first-order valence-corrected chi connectivity index (χ1v) is 9.98. The maximum Gasteiger partial charge on any atom is 0.220 e. The predicted octanol–water partition coefficient (Wildman–Crippen LogP) is 3.15. The number of benzene rings is 1. The lowest BCUT2D eigenvalue weighted by molar-refractivity contribution is -0.121. The molecule has 6 nitrogen and oxygen atoms in total. The molecule has 1 aromatic carbocycles. The highest BCUT2D eigenvalue weighted by molar-refractivity contribution is 14.0. The Morgan fingerprint density at radius 2 is 1.93 bits per heavy atom. The van der Waals surface area contributed by atoms with Gasteiger partial charge in [0, 0.05) is 46.8 Å². The second-order valence-corrected chi connectivity index (χ2v) is 7.03. The molecule has 0 aliphatic carbocycles. The minimum Gasteiger partial charge on any atom is -0.377 e. The molecule has 2 N–H and O–H groups in total. The molecule has 0 radical (unpaired) electrons. The van der Waals surface area contributed by atoms with E-state index in [0.29, 0.717) is 18.9 Å². The van der Waals surface area contributed by atoms with Crippen molar-refractivity contribution >= 4 is 35.8 Å². The lowest BCUT2D eigenvalue weighted by atomic mass is 9.93. The third-order valence-electron chi connectivity index (χ3n) is 5.04. The molecule has 1 aliphatic heterocycles. The summed E-state index contributed by atoms with van der Waals surface area (Å²) in [5, 5.41) is 6.21. The minimum atomic E-state index is 0. The number of rotatable bonds is 8. The molecule has 1 saturated heterocycles. The van der Waals surface area contributed by atoms with Crippen molar-refractivity contribution in [3.05, 3.63) is 35.4 Å². The predicted molar refractivity (Wildman–Crippen MR) is 125 cm³/mol. The normalized spacial score (nSPS) is 15.1. The highest BCUT2D eigenvalue weighted by Gasteiger charge is 2.23. The van der Waals surface area contributed by atoms with E-state index in [0.717, 1.165) is 51.5 Å². The molecular weight excluding hydrogens is 467 g/mol. The molecule has 28 heavy (non-hydrogen) atoms. The van der Waals surface area contributed by atoms with Crippen LogP contribution < -0.4 is 10.6 Å². The number of hydrogen-bond donors (Lipinski definition) is 2. The fraction of sp³-hybridized carbons (Fsp3) is 0.619. The van der Waals surface area contributed by atoms with Crippen molar-refractivity contribution in [3.63, 3.8) is 0 Å². The van der Waals surface area contributed by atoms with E-state index in [9.17, 15) is 4.79 Å². The number of hydrogen-bond acceptors (Lipinski definition) is 3. The first-order valence-electron chi connectivity index (χ1n) is 9.98. The number of likely N-dealkylation sites (tertiary alicyclic amines) is 1. The van der Waals surface area contributed by atoms with Crippen LogP contribution >= 0.6 is 24.0 Å². The van der Waals surface area contributed by atoms with Crippen LogP contribution in [0.1, 0.15) is 43.7 Å². The molecule has 158 valence electrons. The van der Waals surface area contributed by atoms with Gasteiger partial charge in [0.05, 0.1) is 6.61 Å². The molecule has 1 fully saturated rings. The van der Waals surface area contributed by atoms with Gasteiger partial charge in [0.2, 0.25) is 5.91 Å². The molecule has 0 aromatic heterocycles. The van der Waals surface area contributed by atoms with Crippen LogP contribution in [-0.2, 0) is 22.7 Å². The van der Waals surface area contributed by atoms with E-state index in [4.69, 9.17) is 4.74 Å². The number of ether oxygens (including phenoxy) is 1. The van der Waals surface area contributed by atoms with Crippen LogP contribution in [0.3, 0.4) is 0 Å². The second kappa shape index (κ2) is 13.8. The number of carbonyl (C=O) groups is 1. The van der Waals surface area contributed by atoms with Gasteiger partial charge in [-0.1, -0.05) is 31.2 Å². The Labute approximate surface area is 186 Å². The number of piperidine rings is 1. The molecule has 7 heteroatoms. The molecule has 0 atom stereocenters. The zero-order valence-electron chi connectivity index (χ0n) is 17.4. The van der Waals surface area contributed by atoms with Crippen LogP contribution in [0.25, 0.3) is 0 Å². The summed E-state index contributed by atoms with van der Waals surface area (Å²) < 4.78 is 5.71. The van der Waals surface area contributed by atoms with Crippen LogP contribution in [0.5, 0.6) is 0 Å². The molecule has 0 saturated carbocycles. The van der Waals surface area contributed by atoms with Gasteiger partial charge in [-0.25, -0.2) is 0 Å². The average Bonchev–Trinajstić information content (AvgIpc) is 2.70. The largest absolute Gasteiger partial charge is 0.377 e. The number of aliphatic imine (C=N–C) groups is 1. The van der Waals surface area contributed by atoms with Crippen molar-refractivity contribution in [3.8, 4) is 0 Å². The van der Waals surface area contributed by atoms with Crippen molar-refractivity contribution in [2.24, 2.45) is 10.9 Å². The molecule has 0 spiro atoms. The average molecular weight is 502 g/mol. The van der Waals surface area contributed by atoms with Crippen molar-refractivity contribution in [2.75, 3.05) is 33.8 Å². The second-order valence-electron chi connectivity index (χ2n) is 7.03. The van der Waals surface area contributed by atoms with Crippen molar-refractivity contribution in [1.29, 1.82) is 0 Å². The van der Waals surface area contributed by atoms with Crippen LogP contribution in [0.2, 0.25) is 0 Å². The number of nitrogens with zero attached hydrogens (tertiary/aromatic N) is 2. The van der Waals surface area contributed by atoms with Crippen LogP contribution in [0.4, 0.5) is 0 Å². The molecular formula is C21H35IN4O2. The lowest BCUT2D eigenvalue weighted by Crippen LogP contribution is -2.45. The molecule has 1 heterocycles. The van der Waals surface area contributed by atoms with Gasteiger partial charge in [0.15, 0.2) is 5.96 Å². The molecule has 2 rings (SSSR count). The zero-order chi connectivity index (χ0) is 19.5. The zero-order valence-corrected chi connectivity index (χ0v) is 19.7. The fourth-order valence-electron chi connectivity index (χ4n) is 3.42. The number of guanidine groups is 1. The molecule has 1 aliphatic rings. The van der Waals surface area contributed by atoms with E-state index in [1.54, 1.807) is 7.05 Å². The van der Waals surface area contributed by atoms with Crippen molar-refractivity contribution < 1.29 is 9.53 Å². The Morgan fingerprint density at radius 3 is 2.54 bits per heavy atom. The topological polar surface area (TPSA) is 66.0 Å². The van der Waals surface area contributed by atoms with Gasteiger partial charge in [-0.3, -0.25) is 9.79 Å². The number of nitrogens with one attached hydrogen (secondary N) is 2. The van der Waals surface area contributed by atoms with E-state index in [1.165, 1.54) is 11.1 Å². The molecule has 1 amide bonds. The number of halogens is 1. The monoisotopic (exact) mass is 502 g/mol. The maximum atomic E-state index is 11.6. The third kappa shape index (κ3) is 7.95. The van der Waals surface area contributed by atoms with Crippen LogP contribution in [0.15, 0.2) is 29.3 Å². The van der Waals surface area contributed by atoms with Gasteiger partial charge in [-0.2, -0.15) is 0 Å². The highest BCUT2D eigenvalue weighted by atomic mass is 127. The Hall–Kier alpha value is -1.35. The van der Waals surface area contributed by atoms with E-state index in [1.807, 2.05) is 7.05 Å². The first kappa shape index (κ1) is 24.7. The number of amides is 1.